The summed E-state index contributed by atoms with van der Waals surface area (Å²) in [4.78, 5) is 13.8. The molecule has 0 heterocycles. The normalized spacial score (nSPS) is 13.6. The van der Waals surface area contributed by atoms with Gasteiger partial charge in [-0.25, -0.2) is 0 Å². The average molecular weight is 339 g/mol. The van der Waals surface area contributed by atoms with E-state index < -0.39 is 5.97 Å². The predicted octanol–water partition coefficient (Wildman–Crippen LogP) is 5.28. The third-order valence-electron chi connectivity index (χ3n) is 4.76. The number of hydrogen-bond acceptors (Lipinski definition) is 2. The monoisotopic (exact) mass is 339 g/mol. The lowest BCUT2D eigenvalue weighted by molar-refractivity contribution is -0.138. The smallest absolute Gasteiger partial charge is 0.304 e. The minimum atomic E-state index is -0.723. The van der Waals surface area contributed by atoms with Crippen molar-refractivity contribution in [3.05, 3.63) is 71.8 Å². The number of nitrogens with zero attached hydrogens (tertiary/aromatic N) is 1. The van der Waals surface area contributed by atoms with E-state index in [0.717, 1.165) is 25.8 Å². The van der Waals surface area contributed by atoms with Gasteiger partial charge in [0.2, 0.25) is 0 Å². The predicted molar refractivity (Wildman–Crippen MR) is 102 cm³/mol. The lowest BCUT2D eigenvalue weighted by Gasteiger charge is -2.36. The van der Waals surface area contributed by atoms with Gasteiger partial charge in [0.25, 0.3) is 0 Å². The fourth-order valence-electron chi connectivity index (χ4n) is 3.33. The van der Waals surface area contributed by atoms with Crippen molar-refractivity contribution in [1.29, 1.82) is 0 Å². The maximum atomic E-state index is 11.5. The number of aliphatic carboxylic acids is 1. The Labute approximate surface area is 151 Å². The summed E-state index contributed by atoms with van der Waals surface area (Å²) in [5, 5.41) is 9.42. The summed E-state index contributed by atoms with van der Waals surface area (Å²) < 4.78 is 0. The van der Waals surface area contributed by atoms with Crippen LogP contribution in [-0.4, -0.2) is 22.0 Å². The van der Waals surface area contributed by atoms with E-state index in [-0.39, 0.29) is 18.5 Å². The SMILES string of the molecule is CCCC[C@H](CC(=O)O)N(Cc1ccccc1)[C@@H](C)c1ccccc1. The summed E-state index contributed by atoms with van der Waals surface area (Å²) >= 11 is 0. The largest absolute Gasteiger partial charge is 0.481 e. The Kier molecular flexibility index (Phi) is 7.68. The zero-order chi connectivity index (χ0) is 18.1. The van der Waals surface area contributed by atoms with E-state index in [1.807, 2.05) is 36.4 Å². The summed E-state index contributed by atoms with van der Waals surface area (Å²) in [6, 6.07) is 20.9. The Bertz CT molecular complexity index is 627. The highest BCUT2D eigenvalue weighted by Crippen LogP contribution is 2.28. The van der Waals surface area contributed by atoms with Crippen molar-refractivity contribution < 1.29 is 9.90 Å². The molecule has 2 atom stereocenters. The second-order valence-electron chi connectivity index (χ2n) is 6.64. The van der Waals surface area contributed by atoms with E-state index in [2.05, 4.69) is 43.0 Å². The number of unbranched alkanes of at least 4 members (excludes halogenated alkanes) is 1. The molecule has 0 amide bonds. The Morgan fingerprint density at radius 1 is 1.04 bits per heavy atom. The summed E-state index contributed by atoms with van der Waals surface area (Å²) in [5.74, 6) is -0.723. The third kappa shape index (κ3) is 6.02. The van der Waals surface area contributed by atoms with Gasteiger partial charge in [0.05, 0.1) is 6.42 Å². The van der Waals surface area contributed by atoms with E-state index >= 15 is 0 Å². The first-order valence-electron chi connectivity index (χ1n) is 9.18. The molecule has 0 radical (unpaired) electrons. The number of benzene rings is 2. The van der Waals surface area contributed by atoms with E-state index in [0.29, 0.717) is 0 Å². The fourth-order valence-corrected chi connectivity index (χ4v) is 3.33. The molecule has 0 unspecified atom stereocenters. The van der Waals surface area contributed by atoms with Gasteiger partial charge in [-0.1, -0.05) is 80.4 Å². The van der Waals surface area contributed by atoms with Crippen LogP contribution in [0.4, 0.5) is 0 Å². The number of hydrogen-bond donors (Lipinski definition) is 1. The molecule has 0 aliphatic heterocycles. The highest BCUT2D eigenvalue weighted by Gasteiger charge is 2.26. The zero-order valence-corrected chi connectivity index (χ0v) is 15.3. The lowest BCUT2D eigenvalue weighted by atomic mass is 9.98. The molecule has 2 aromatic carbocycles. The van der Waals surface area contributed by atoms with Crippen molar-refractivity contribution in [2.24, 2.45) is 0 Å². The highest BCUT2D eigenvalue weighted by molar-refractivity contribution is 5.67. The third-order valence-corrected chi connectivity index (χ3v) is 4.76. The molecule has 2 aromatic rings. The standard InChI is InChI=1S/C22H29NO2/c1-3-4-15-21(16-22(24)25)23(17-19-11-7-5-8-12-19)18(2)20-13-9-6-10-14-20/h5-14,18,21H,3-4,15-17H2,1-2H3,(H,24,25)/t18-,21+/m0/s1. The van der Waals surface area contributed by atoms with Gasteiger partial charge in [0, 0.05) is 18.6 Å². The molecule has 25 heavy (non-hydrogen) atoms. The van der Waals surface area contributed by atoms with Crippen molar-refractivity contribution in [1.82, 2.24) is 4.90 Å². The second kappa shape index (κ2) is 10.00. The Hall–Kier alpha value is -2.13. The number of carboxylic acids is 1. The molecule has 1 N–H and O–H groups in total. The zero-order valence-electron chi connectivity index (χ0n) is 15.3. The van der Waals surface area contributed by atoms with Crippen LogP contribution in [0, 0.1) is 0 Å². The van der Waals surface area contributed by atoms with Gasteiger partial charge >= 0.3 is 5.97 Å². The average Bonchev–Trinajstić information content (AvgIpc) is 2.64. The molecule has 134 valence electrons. The fraction of sp³-hybridized carbons (Fsp3) is 0.409. The first-order chi connectivity index (χ1) is 12.1. The maximum absolute atomic E-state index is 11.5. The maximum Gasteiger partial charge on any atom is 0.304 e. The van der Waals surface area contributed by atoms with Crippen molar-refractivity contribution in [3.8, 4) is 0 Å². The summed E-state index contributed by atoms with van der Waals surface area (Å²) in [6.07, 6.45) is 3.22. The van der Waals surface area contributed by atoms with Crippen LogP contribution < -0.4 is 0 Å². The van der Waals surface area contributed by atoms with Crippen LogP contribution in [0.3, 0.4) is 0 Å². The van der Waals surface area contributed by atoms with Crippen molar-refractivity contribution in [3.63, 3.8) is 0 Å². The molecule has 2 rings (SSSR count). The Morgan fingerprint density at radius 2 is 1.64 bits per heavy atom. The van der Waals surface area contributed by atoms with Gasteiger partial charge in [-0.3, -0.25) is 9.69 Å². The lowest BCUT2D eigenvalue weighted by Crippen LogP contribution is -2.38. The quantitative estimate of drug-likeness (QED) is 0.640. The van der Waals surface area contributed by atoms with Gasteiger partial charge in [0.1, 0.15) is 0 Å². The van der Waals surface area contributed by atoms with Crippen molar-refractivity contribution in [2.45, 2.75) is 58.2 Å². The van der Waals surface area contributed by atoms with Gasteiger partial charge in [-0.15, -0.1) is 0 Å². The van der Waals surface area contributed by atoms with Gasteiger partial charge in [-0.2, -0.15) is 0 Å². The van der Waals surface area contributed by atoms with Crippen molar-refractivity contribution >= 4 is 5.97 Å². The molecule has 0 aliphatic carbocycles. The van der Waals surface area contributed by atoms with Gasteiger partial charge in [-0.05, 0) is 24.5 Å². The molecule has 0 spiro atoms. The van der Waals surface area contributed by atoms with Crippen LogP contribution in [0.15, 0.2) is 60.7 Å². The second-order valence-corrected chi connectivity index (χ2v) is 6.64. The van der Waals surface area contributed by atoms with Crippen LogP contribution >= 0.6 is 0 Å². The molecular formula is C22H29NO2. The van der Waals surface area contributed by atoms with Crippen LogP contribution in [0.2, 0.25) is 0 Å². The van der Waals surface area contributed by atoms with Gasteiger partial charge < -0.3 is 5.11 Å². The topological polar surface area (TPSA) is 40.5 Å². The molecule has 3 heteroatoms. The molecule has 0 bridgehead atoms. The molecule has 0 aliphatic rings. The summed E-state index contributed by atoms with van der Waals surface area (Å²) in [5.41, 5.74) is 2.45. The summed E-state index contributed by atoms with van der Waals surface area (Å²) in [6.45, 7) is 5.09. The molecule has 0 saturated carbocycles. The first kappa shape index (κ1) is 19.2. The van der Waals surface area contributed by atoms with E-state index in [1.54, 1.807) is 0 Å². The van der Waals surface area contributed by atoms with Crippen molar-refractivity contribution in [2.75, 3.05) is 0 Å². The molecule has 3 nitrogen and oxygen atoms in total. The van der Waals surface area contributed by atoms with Crippen LogP contribution in [0.25, 0.3) is 0 Å². The minimum absolute atomic E-state index is 0.0351. The highest BCUT2D eigenvalue weighted by atomic mass is 16.4. The van der Waals surface area contributed by atoms with E-state index in [1.165, 1.54) is 11.1 Å². The number of carboxylic acid groups (broad SMARTS) is 1. The molecule has 0 fully saturated rings. The molecule has 0 saturated heterocycles. The number of carbonyl (C=O) groups is 1. The molecular weight excluding hydrogens is 310 g/mol. The molecule has 0 aromatic heterocycles. The first-order valence-corrected chi connectivity index (χ1v) is 9.18. The Balaban J connectivity index is 2.29. The van der Waals surface area contributed by atoms with E-state index in [9.17, 15) is 9.90 Å². The number of rotatable bonds is 10. The Morgan fingerprint density at radius 3 is 2.20 bits per heavy atom. The minimum Gasteiger partial charge on any atom is -0.481 e. The summed E-state index contributed by atoms with van der Waals surface area (Å²) in [7, 11) is 0. The van der Waals surface area contributed by atoms with Crippen LogP contribution in [-0.2, 0) is 11.3 Å². The van der Waals surface area contributed by atoms with Crippen LogP contribution in [0.1, 0.15) is 56.7 Å². The van der Waals surface area contributed by atoms with E-state index in [4.69, 9.17) is 0 Å². The van der Waals surface area contributed by atoms with Gasteiger partial charge in [0.15, 0.2) is 0 Å². The van der Waals surface area contributed by atoms with Crippen LogP contribution in [0.5, 0.6) is 0 Å².